The van der Waals surface area contributed by atoms with E-state index in [9.17, 15) is 13.2 Å². The second-order valence-electron chi connectivity index (χ2n) is 7.25. The highest BCUT2D eigenvalue weighted by Crippen LogP contribution is 2.33. The number of aryl methyl sites for hydroxylation is 1. The van der Waals surface area contributed by atoms with E-state index in [0.717, 1.165) is 16.2 Å². The van der Waals surface area contributed by atoms with Crippen molar-refractivity contribution in [2.45, 2.75) is 20.3 Å². The first-order valence-corrected chi connectivity index (χ1v) is 11.8. The molecule has 1 amide bonds. The SMILES string of the molecule is CC1=C(c2ccccc2)S(=O)(=O)N=C1N1CCCN(C(=O)c2ccc(C)s2)CC1. The smallest absolute Gasteiger partial charge is 0.285 e. The lowest BCUT2D eigenvalue weighted by Gasteiger charge is -2.23. The minimum atomic E-state index is -3.72. The molecule has 1 aromatic carbocycles. The fraction of sp³-hybridized carbons (Fsp3) is 0.333. The molecule has 0 N–H and O–H groups in total. The van der Waals surface area contributed by atoms with Crippen molar-refractivity contribution in [3.8, 4) is 0 Å². The zero-order chi connectivity index (χ0) is 20.6. The summed E-state index contributed by atoms with van der Waals surface area (Å²) < 4.78 is 29.6. The topological polar surface area (TPSA) is 70.1 Å². The molecule has 2 aliphatic heterocycles. The maximum absolute atomic E-state index is 12.8. The fourth-order valence-electron chi connectivity index (χ4n) is 3.81. The van der Waals surface area contributed by atoms with Gasteiger partial charge in [0.2, 0.25) is 0 Å². The van der Waals surface area contributed by atoms with Crippen LogP contribution in [0.5, 0.6) is 0 Å². The lowest BCUT2D eigenvalue weighted by Crippen LogP contribution is -2.37. The van der Waals surface area contributed by atoms with Crippen LogP contribution in [0.25, 0.3) is 4.91 Å². The number of hydrogen-bond acceptors (Lipinski definition) is 5. The molecule has 0 atom stereocenters. The molecule has 6 nitrogen and oxygen atoms in total. The first-order valence-electron chi connectivity index (χ1n) is 9.59. The van der Waals surface area contributed by atoms with Gasteiger partial charge in [-0.3, -0.25) is 4.79 Å². The molecular formula is C21H23N3O3S2. The minimum absolute atomic E-state index is 0.0446. The second kappa shape index (κ2) is 7.76. The van der Waals surface area contributed by atoms with Gasteiger partial charge in [0.05, 0.1) is 4.88 Å². The average molecular weight is 430 g/mol. The molecule has 1 aromatic heterocycles. The van der Waals surface area contributed by atoms with Gasteiger partial charge in [-0.05, 0) is 38.0 Å². The Hall–Kier alpha value is -2.45. The van der Waals surface area contributed by atoms with Crippen molar-refractivity contribution in [2.24, 2.45) is 4.40 Å². The summed E-state index contributed by atoms with van der Waals surface area (Å²) in [6, 6.07) is 12.9. The predicted octanol–water partition coefficient (Wildman–Crippen LogP) is 3.38. The molecule has 152 valence electrons. The minimum Gasteiger partial charge on any atom is -0.354 e. The molecule has 0 radical (unpaired) electrons. The monoisotopic (exact) mass is 429 g/mol. The van der Waals surface area contributed by atoms with Gasteiger partial charge in [-0.25, -0.2) is 0 Å². The molecule has 0 unspecified atom stereocenters. The Morgan fingerprint density at radius 1 is 1.00 bits per heavy atom. The number of amides is 1. The summed E-state index contributed by atoms with van der Waals surface area (Å²) in [5, 5.41) is 0. The molecule has 1 saturated heterocycles. The van der Waals surface area contributed by atoms with E-state index >= 15 is 0 Å². The van der Waals surface area contributed by atoms with Gasteiger partial charge in [-0.2, -0.15) is 8.42 Å². The maximum Gasteiger partial charge on any atom is 0.285 e. The van der Waals surface area contributed by atoms with E-state index in [4.69, 9.17) is 0 Å². The van der Waals surface area contributed by atoms with Crippen LogP contribution < -0.4 is 0 Å². The van der Waals surface area contributed by atoms with Crippen LogP contribution in [0.3, 0.4) is 0 Å². The van der Waals surface area contributed by atoms with E-state index in [2.05, 4.69) is 4.40 Å². The van der Waals surface area contributed by atoms with Crippen molar-refractivity contribution in [1.82, 2.24) is 9.80 Å². The van der Waals surface area contributed by atoms with Crippen molar-refractivity contribution in [2.75, 3.05) is 26.2 Å². The fourth-order valence-corrected chi connectivity index (χ4v) is 6.13. The van der Waals surface area contributed by atoms with Gasteiger partial charge in [0.1, 0.15) is 10.7 Å². The highest BCUT2D eigenvalue weighted by atomic mass is 32.2. The van der Waals surface area contributed by atoms with Crippen LogP contribution >= 0.6 is 11.3 Å². The van der Waals surface area contributed by atoms with Crippen LogP contribution in [0, 0.1) is 6.92 Å². The van der Waals surface area contributed by atoms with Crippen LogP contribution in [0.1, 0.15) is 33.5 Å². The third-order valence-corrected chi connectivity index (χ3v) is 7.67. The highest BCUT2D eigenvalue weighted by Gasteiger charge is 2.34. The van der Waals surface area contributed by atoms with Crippen LogP contribution in [0.4, 0.5) is 0 Å². The van der Waals surface area contributed by atoms with E-state index in [1.165, 1.54) is 11.3 Å². The third kappa shape index (κ3) is 3.86. The van der Waals surface area contributed by atoms with Gasteiger partial charge in [0.15, 0.2) is 0 Å². The largest absolute Gasteiger partial charge is 0.354 e. The maximum atomic E-state index is 12.8. The summed E-state index contributed by atoms with van der Waals surface area (Å²) in [4.78, 5) is 18.8. The van der Waals surface area contributed by atoms with Crippen LogP contribution in [-0.2, 0) is 10.0 Å². The quantitative estimate of drug-likeness (QED) is 0.734. The molecule has 3 heterocycles. The molecule has 2 aliphatic rings. The van der Waals surface area contributed by atoms with Crippen molar-refractivity contribution in [3.05, 3.63) is 63.4 Å². The number of rotatable bonds is 2. The van der Waals surface area contributed by atoms with Gasteiger partial charge in [0.25, 0.3) is 15.9 Å². The lowest BCUT2D eigenvalue weighted by molar-refractivity contribution is 0.0769. The van der Waals surface area contributed by atoms with E-state index < -0.39 is 10.0 Å². The summed E-state index contributed by atoms with van der Waals surface area (Å²) in [5.41, 5.74) is 1.33. The van der Waals surface area contributed by atoms with E-state index in [1.54, 1.807) is 12.1 Å². The van der Waals surface area contributed by atoms with Crippen molar-refractivity contribution < 1.29 is 13.2 Å². The van der Waals surface area contributed by atoms with Gasteiger partial charge in [-0.15, -0.1) is 15.7 Å². The number of carbonyl (C=O) groups is 1. The average Bonchev–Trinajstić information content (AvgIpc) is 3.11. The molecule has 2 aromatic rings. The van der Waals surface area contributed by atoms with Crippen LogP contribution in [0.2, 0.25) is 0 Å². The van der Waals surface area contributed by atoms with Crippen molar-refractivity contribution >= 4 is 38.0 Å². The second-order valence-corrected chi connectivity index (χ2v) is 10.1. The standard InChI is InChI=1S/C21H23N3O3S2/c1-15-9-10-18(28-15)21(25)24-12-6-11-23(13-14-24)20-16(2)19(29(26,27)22-20)17-7-4-3-5-8-17/h3-5,7-10H,6,11-14H2,1-2H3. The number of nitrogens with zero attached hydrogens (tertiary/aromatic N) is 3. The first-order chi connectivity index (χ1) is 13.9. The Balaban J connectivity index is 1.55. The van der Waals surface area contributed by atoms with Gasteiger partial charge in [-0.1, -0.05) is 30.3 Å². The Kier molecular flexibility index (Phi) is 5.31. The van der Waals surface area contributed by atoms with Crippen LogP contribution in [-0.4, -0.2) is 56.1 Å². The molecule has 29 heavy (non-hydrogen) atoms. The Labute approximate surface area is 175 Å². The number of carbonyl (C=O) groups excluding carboxylic acids is 1. The van der Waals surface area contributed by atoms with Gasteiger partial charge >= 0.3 is 0 Å². The number of amidine groups is 1. The summed E-state index contributed by atoms with van der Waals surface area (Å²) >= 11 is 1.51. The molecule has 1 fully saturated rings. The number of thiophene rings is 1. The first kappa shape index (κ1) is 19.8. The summed E-state index contributed by atoms with van der Waals surface area (Å²) in [7, 11) is -3.72. The highest BCUT2D eigenvalue weighted by molar-refractivity contribution is 8.00. The zero-order valence-electron chi connectivity index (χ0n) is 16.5. The molecule has 0 saturated carbocycles. The normalized spacial score (nSPS) is 19.3. The molecule has 8 heteroatoms. The van der Waals surface area contributed by atoms with E-state index in [1.807, 2.05) is 54.0 Å². The summed E-state index contributed by atoms with van der Waals surface area (Å²) in [5.74, 6) is 0.549. The molecule has 0 bridgehead atoms. The summed E-state index contributed by atoms with van der Waals surface area (Å²) in [6.07, 6.45) is 0.767. The molecule has 0 spiro atoms. The van der Waals surface area contributed by atoms with Crippen molar-refractivity contribution in [3.63, 3.8) is 0 Å². The number of benzene rings is 1. The van der Waals surface area contributed by atoms with E-state index in [0.29, 0.717) is 43.2 Å². The zero-order valence-corrected chi connectivity index (χ0v) is 18.1. The molecule has 4 rings (SSSR count). The van der Waals surface area contributed by atoms with Gasteiger partial charge in [0, 0.05) is 36.6 Å². The van der Waals surface area contributed by atoms with E-state index in [-0.39, 0.29) is 10.8 Å². The molecule has 0 aliphatic carbocycles. The van der Waals surface area contributed by atoms with Crippen LogP contribution in [0.15, 0.2) is 52.4 Å². The third-order valence-electron chi connectivity index (χ3n) is 5.21. The molecular weight excluding hydrogens is 406 g/mol. The Bertz CT molecular complexity index is 1100. The summed E-state index contributed by atoms with van der Waals surface area (Å²) in [6.45, 7) is 6.23. The predicted molar refractivity (Wildman–Crippen MR) is 117 cm³/mol. The van der Waals surface area contributed by atoms with Crippen molar-refractivity contribution in [1.29, 1.82) is 0 Å². The number of sulfonamides is 1. The Morgan fingerprint density at radius 3 is 2.45 bits per heavy atom. The Morgan fingerprint density at radius 2 is 1.76 bits per heavy atom. The van der Waals surface area contributed by atoms with Gasteiger partial charge < -0.3 is 9.80 Å². The number of hydrogen-bond donors (Lipinski definition) is 0. The lowest BCUT2D eigenvalue weighted by atomic mass is 10.1.